The molecular weight excluding hydrogens is 249 g/mol. The van der Waals surface area contributed by atoms with Crippen molar-refractivity contribution in [2.45, 2.75) is 18.9 Å². The van der Waals surface area contributed by atoms with E-state index < -0.39 is 12.0 Å². The molecule has 1 heterocycles. The molecule has 2 rings (SSSR count). The van der Waals surface area contributed by atoms with Crippen molar-refractivity contribution in [2.75, 3.05) is 6.54 Å². The summed E-state index contributed by atoms with van der Waals surface area (Å²) in [5, 5.41) is 8.99. The Morgan fingerprint density at radius 3 is 2.63 bits per heavy atom. The van der Waals surface area contributed by atoms with Crippen molar-refractivity contribution in [1.82, 2.24) is 4.90 Å². The summed E-state index contributed by atoms with van der Waals surface area (Å²) in [5.41, 5.74) is 0.695. The number of carboxylic acid groups (broad SMARTS) is 1. The number of amides is 1. The van der Waals surface area contributed by atoms with Crippen LogP contribution in [0.25, 0.3) is 6.08 Å². The molecule has 1 aromatic rings. The predicted octanol–water partition coefficient (Wildman–Crippen LogP) is 1.91. The van der Waals surface area contributed by atoms with Gasteiger partial charge in [0, 0.05) is 12.6 Å². The zero-order valence-electron chi connectivity index (χ0n) is 10.3. The number of halogens is 1. The van der Waals surface area contributed by atoms with Crippen molar-refractivity contribution in [3.63, 3.8) is 0 Å². The van der Waals surface area contributed by atoms with Crippen LogP contribution in [0.15, 0.2) is 30.3 Å². The molecule has 1 aromatic carbocycles. The van der Waals surface area contributed by atoms with Crippen LogP contribution in [0, 0.1) is 5.82 Å². The van der Waals surface area contributed by atoms with E-state index in [0.717, 1.165) is 0 Å². The standard InChI is InChI=1S/C14H14FNO3/c15-11-6-3-10(4-7-11)5-8-13(17)16-9-1-2-12(16)14(18)19/h3-8,12H,1-2,9H2,(H,18,19). The number of nitrogens with zero attached hydrogens (tertiary/aromatic N) is 1. The van der Waals surface area contributed by atoms with E-state index >= 15 is 0 Å². The van der Waals surface area contributed by atoms with Crippen LogP contribution in [0.3, 0.4) is 0 Å². The number of hydrogen-bond donors (Lipinski definition) is 1. The number of carboxylic acids is 1. The third-order valence-corrected chi connectivity index (χ3v) is 3.11. The molecule has 5 heteroatoms. The van der Waals surface area contributed by atoms with E-state index in [1.807, 2.05) is 0 Å². The van der Waals surface area contributed by atoms with Gasteiger partial charge in [-0.25, -0.2) is 9.18 Å². The molecule has 1 N–H and O–H groups in total. The lowest BCUT2D eigenvalue weighted by Crippen LogP contribution is -2.39. The van der Waals surface area contributed by atoms with Gasteiger partial charge < -0.3 is 10.0 Å². The molecule has 19 heavy (non-hydrogen) atoms. The summed E-state index contributed by atoms with van der Waals surface area (Å²) >= 11 is 0. The number of rotatable bonds is 3. The second-order valence-electron chi connectivity index (χ2n) is 4.41. The molecule has 1 atom stereocenters. The van der Waals surface area contributed by atoms with Gasteiger partial charge in [0.2, 0.25) is 5.91 Å². The van der Waals surface area contributed by atoms with Crippen molar-refractivity contribution in [1.29, 1.82) is 0 Å². The summed E-state index contributed by atoms with van der Waals surface area (Å²) in [7, 11) is 0. The number of benzene rings is 1. The highest BCUT2D eigenvalue weighted by atomic mass is 19.1. The number of carbonyl (C=O) groups excluding carboxylic acids is 1. The number of carbonyl (C=O) groups is 2. The lowest BCUT2D eigenvalue weighted by atomic mass is 10.2. The van der Waals surface area contributed by atoms with Gasteiger partial charge in [0.15, 0.2) is 0 Å². The number of likely N-dealkylation sites (tertiary alicyclic amines) is 1. The Kier molecular flexibility index (Phi) is 3.94. The van der Waals surface area contributed by atoms with Crippen LogP contribution in [0.4, 0.5) is 4.39 Å². The van der Waals surface area contributed by atoms with E-state index in [0.29, 0.717) is 24.9 Å². The first-order valence-corrected chi connectivity index (χ1v) is 6.05. The highest BCUT2D eigenvalue weighted by molar-refractivity contribution is 5.94. The van der Waals surface area contributed by atoms with Crippen molar-refractivity contribution >= 4 is 18.0 Å². The average molecular weight is 263 g/mol. The van der Waals surface area contributed by atoms with Gasteiger partial charge in [-0.1, -0.05) is 12.1 Å². The van der Waals surface area contributed by atoms with Gasteiger partial charge >= 0.3 is 5.97 Å². The minimum Gasteiger partial charge on any atom is -0.480 e. The van der Waals surface area contributed by atoms with Crippen molar-refractivity contribution in [3.8, 4) is 0 Å². The summed E-state index contributed by atoms with van der Waals surface area (Å²) in [6.07, 6.45) is 4.08. The maximum Gasteiger partial charge on any atom is 0.326 e. The Morgan fingerprint density at radius 2 is 2.00 bits per heavy atom. The third kappa shape index (κ3) is 3.19. The quantitative estimate of drug-likeness (QED) is 0.847. The van der Waals surface area contributed by atoms with Crippen LogP contribution in [0.2, 0.25) is 0 Å². The molecule has 0 aromatic heterocycles. The molecule has 1 saturated heterocycles. The number of aliphatic carboxylic acids is 1. The Bertz CT molecular complexity index is 510. The van der Waals surface area contributed by atoms with Gasteiger partial charge in [-0.15, -0.1) is 0 Å². The normalized spacial score (nSPS) is 19.0. The summed E-state index contributed by atoms with van der Waals surface area (Å²) in [6, 6.07) is 4.99. The molecule has 0 spiro atoms. The molecule has 1 unspecified atom stereocenters. The van der Waals surface area contributed by atoms with E-state index in [2.05, 4.69) is 0 Å². The second kappa shape index (κ2) is 5.65. The van der Waals surface area contributed by atoms with Gasteiger partial charge in [0.05, 0.1) is 0 Å². The molecule has 1 fully saturated rings. The molecule has 4 nitrogen and oxygen atoms in total. The van der Waals surface area contributed by atoms with Gasteiger partial charge in [0.1, 0.15) is 11.9 Å². The Morgan fingerprint density at radius 1 is 1.32 bits per heavy atom. The first kappa shape index (κ1) is 13.3. The minimum atomic E-state index is -0.971. The maximum atomic E-state index is 12.7. The fraction of sp³-hybridized carbons (Fsp3) is 0.286. The van der Waals surface area contributed by atoms with E-state index in [4.69, 9.17) is 5.11 Å². The Hall–Kier alpha value is -2.17. The largest absolute Gasteiger partial charge is 0.480 e. The van der Waals surface area contributed by atoms with Crippen LogP contribution in [-0.4, -0.2) is 34.5 Å². The summed E-state index contributed by atoms with van der Waals surface area (Å²) < 4.78 is 12.7. The Balaban J connectivity index is 2.04. The van der Waals surface area contributed by atoms with Crippen LogP contribution < -0.4 is 0 Å². The zero-order chi connectivity index (χ0) is 13.8. The summed E-state index contributed by atoms with van der Waals surface area (Å²) in [5.74, 6) is -1.63. The van der Waals surface area contributed by atoms with Gasteiger partial charge in [-0.05, 0) is 36.6 Å². The average Bonchev–Trinajstić information content (AvgIpc) is 2.87. The van der Waals surface area contributed by atoms with Crippen LogP contribution in [0.5, 0.6) is 0 Å². The van der Waals surface area contributed by atoms with E-state index in [9.17, 15) is 14.0 Å². The van der Waals surface area contributed by atoms with Crippen LogP contribution >= 0.6 is 0 Å². The van der Waals surface area contributed by atoms with Crippen LogP contribution in [-0.2, 0) is 9.59 Å². The zero-order valence-corrected chi connectivity index (χ0v) is 10.3. The van der Waals surface area contributed by atoms with E-state index in [-0.39, 0.29) is 11.7 Å². The molecule has 0 aliphatic carbocycles. The molecule has 0 bridgehead atoms. The SMILES string of the molecule is O=C(O)C1CCCN1C(=O)C=Cc1ccc(F)cc1. The minimum absolute atomic E-state index is 0.325. The van der Waals surface area contributed by atoms with Crippen molar-refractivity contribution in [2.24, 2.45) is 0 Å². The molecule has 0 radical (unpaired) electrons. The summed E-state index contributed by atoms with van der Waals surface area (Å²) in [6.45, 7) is 0.462. The lowest BCUT2D eigenvalue weighted by molar-refractivity contribution is -0.146. The molecule has 100 valence electrons. The lowest BCUT2D eigenvalue weighted by Gasteiger charge is -2.19. The van der Waals surface area contributed by atoms with Crippen LogP contribution in [0.1, 0.15) is 18.4 Å². The molecular formula is C14H14FNO3. The maximum absolute atomic E-state index is 12.7. The van der Waals surface area contributed by atoms with E-state index in [1.165, 1.54) is 23.1 Å². The Labute approximate surface area is 110 Å². The first-order valence-electron chi connectivity index (χ1n) is 6.05. The smallest absolute Gasteiger partial charge is 0.326 e. The van der Waals surface area contributed by atoms with Gasteiger partial charge in [-0.3, -0.25) is 4.79 Å². The molecule has 1 aliphatic heterocycles. The number of hydrogen-bond acceptors (Lipinski definition) is 2. The van der Waals surface area contributed by atoms with Crippen molar-refractivity contribution in [3.05, 3.63) is 41.7 Å². The predicted molar refractivity (Wildman–Crippen MR) is 67.8 cm³/mol. The second-order valence-corrected chi connectivity index (χ2v) is 4.41. The highest BCUT2D eigenvalue weighted by Crippen LogP contribution is 2.18. The topological polar surface area (TPSA) is 57.6 Å². The van der Waals surface area contributed by atoms with E-state index in [1.54, 1.807) is 18.2 Å². The third-order valence-electron chi connectivity index (χ3n) is 3.11. The molecule has 1 aliphatic rings. The fourth-order valence-electron chi connectivity index (χ4n) is 2.12. The van der Waals surface area contributed by atoms with Gasteiger partial charge in [0.25, 0.3) is 0 Å². The van der Waals surface area contributed by atoms with Gasteiger partial charge in [-0.2, -0.15) is 0 Å². The van der Waals surface area contributed by atoms with Crippen molar-refractivity contribution < 1.29 is 19.1 Å². The first-order chi connectivity index (χ1) is 9.08. The fourth-order valence-corrected chi connectivity index (χ4v) is 2.12. The monoisotopic (exact) mass is 263 g/mol. The summed E-state index contributed by atoms with van der Waals surface area (Å²) in [4.78, 5) is 24.2. The molecule has 0 saturated carbocycles. The molecule has 1 amide bonds. The highest BCUT2D eigenvalue weighted by Gasteiger charge is 2.32.